The van der Waals surface area contributed by atoms with Crippen molar-refractivity contribution in [3.8, 4) is 5.75 Å². The average Bonchev–Trinajstić information content (AvgIpc) is 2.38. The number of hydrogen-bond acceptors (Lipinski definition) is 1. The SMILES string of the molecule is CCc1ccc(COc2ccccc2Cl)cc1. The molecule has 2 aromatic carbocycles. The first-order valence-corrected chi connectivity index (χ1v) is 6.12. The molecule has 88 valence electrons. The predicted molar refractivity (Wildman–Crippen MR) is 71.6 cm³/mol. The Morgan fingerprint density at radius 3 is 2.24 bits per heavy atom. The minimum absolute atomic E-state index is 0.549. The number of para-hydroxylation sites is 1. The van der Waals surface area contributed by atoms with Crippen molar-refractivity contribution in [1.29, 1.82) is 0 Å². The largest absolute Gasteiger partial charge is 0.487 e. The number of halogens is 1. The summed E-state index contributed by atoms with van der Waals surface area (Å²) >= 11 is 6.01. The number of rotatable bonds is 4. The summed E-state index contributed by atoms with van der Waals surface area (Å²) in [6, 6.07) is 16.0. The van der Waals surface area contributed by atoms with Gasteiger partial charge in [-0.15, -0.1) is 0 Å². The molecule has 0 bridgehead atoms. The fourth-order valence-corrected chi connectivity index (χ4v) is 1.78. The lowest BCUT2D eigenvalue weighted by molar-refractivity contribution is 0.306. The Labute approximate surface area is 107 Å². The van der Waals surface area contributed by atoms with Gasteiger partial charge >= 0.3 is 0 Å². The van der Waals surface area contributed by atoms with Crippen molar-refractivity contribution < 1.29 is 4.74 Å². The second-order valence-electron chi connectivity index (χ2n) is 3.89. The van der Waals surface area contributed by atoms with E-state index < -0.39 is 0 Å². The summed E-state index contributed by atoms with van der Waals surface area (Å²) in [5, 5.41) is 0.651. The van der Waals surface area contributed by atoms with Gasteiger partial charge in [0.25, 0.3) is 0 Å². The van der Waals surface area contributed by atoms with Gasteiger partial charge < -0.3 is 4.74 Å². The highest BCUT2D eigenvalue weighted by molar-refractivity contribution is 6.32. The maximum atomic E-state index is 6.01. The fraction of sp³-hybridized carbons (Fsp3) is 0.200. The second kappa shape index (κ2) is 5.74. The highest BCUT2D eigenvalue weighted by Crippen LogP contribution is 2.24. The smallest absolute Gasteiger partial charge is 0.138 e. The summed E-state index contributed by atoms with van der Waals surface area (Å²) in [6.45, 7) is 2.70. The first-order valence-electron chi connectivity index (χ1n) is 5.74. The quantitative estimate of drug-likeness (QED) is 0.773. The van der Waals surface area contributed by atoms with E-state index in [1.807, 2.05) is 24.3 Å². The summed E-state index contributed by atoms with van der Waals surface area (Å²) < 4.78 is 5.66. The Balaban J connectivity index is 2.00. The van der Waals surface area contributed by atoms with Crippen molar-refractivity contribution in [1.82, 2.24) is 0 Å². The molecule has 0 fully saturated rings. The van der Waals surface area contributed by atoms with Gasteiger partial charge in [-0.3, -0.25) is 0 Å². The van der Waals surface area contributed by atoms with Crippen LogP contribution in [0.25, 0.3) is 0 Å². The van der Waals surface area contributed by atoms with Crippen LogP contribution in [0.4, 0.5) is 0 Å². The third-order valence-corrected chi connectivity index (χ3v) is 2.97. The molecule has 0 spiro atoms. The summed E-state index contributed by atoms with van der Waals surface area (Å²) in [7, 11) is 0. The molecule has 17 heavy (non-hydrogen) atoms. The van der Waals surface area contributed by atoms with Gasteiger partial charge in [0.2, 0.25) is 0 Å². The van der Waals surface area contributed by atoms with Crippen LogP contribution in [0.15, 0.2) is 48.5 Å². The van der Waals surface area contributed by atoms with Gasteiger partial charge in [-0.05, 0) is 29.7 Å². The number of ether oxygens (including phenoxy) is 1. The van der Waals surface area contributed by atoms with E-state index in [1.165, 1.54) is 5.56 Å². The predicted octanol–water partition coefficient (Wildman–Crippen LogP) is 4.48. The van der Waals surface area contributed by atoms with E-state index in [4.69, 9.17) is 16.3 Å². The first kappa shape index (κ1) is 12.0. The average molecular weight is 247 g/mol. The number of hydrogen-bond donors (Lipinski definition) is 0. The Hall–Kier alpha value is -1.47. The van der Waals surface area contributed by atoms with Gasteiger partial charge in [-0.2, -0.15) is 0 Å². The molecule has 0 radical (unpaired) electrons. The highest BCUT2D eigenvalue weighted by Gasteiger charge is 2.00. The van der Waals surface area contributed by atoms with Crippen LogP contribution in [0, 0.1) is 0 Å². The van der Waals surface area contributed by atoms with Crippen LogP contribution in [0.1, 0.15) is 18.1 Å². The van der Waals surface area contributed by atoms with Crippen LogP contribution in [0.2, 0.25) is 5.02 Å². The van der Waals surface area contributed by atoms with E-state index in [0.29, 0.717) is 11.6 Å². The third-order valence-electron chi connectivity index (χ3n) is 2.66. The van der Waals surface area contributed by atoms with E-state index in [1.54, 1.807) is 0 Å². The summed E-state index contributed by atoms with van der Waals surface area (Å²) in [4.78, 5) is 0. The molecule has 0 saturated heterocycles. The zero-order chi connectivity index (χ0) is 12.1. The van der Waals surface area contributed by atoms with E-state index >= 15 is 0 Å². The molecule has 0 N–H and O–H groups in total. The lowest BCUT2D eigenvalue weighted by Gasteiger charge is -2.08. The monoisotopic (exact) mass is 246 g/mol. The lowest BCUT2D eigenvalue weighted by Crippen LogP contribution is -1.96. The Morgan fingerprint density at radius 2 is 1.59 bits per heavy atom. The maximum absolute atomic E-state index is 6.01. The third kappa shape index (κ3) is 3.24. The Bertz CT molecular complexity index is 477. The van der Waals surface area contributed by atoms with Gasteiger partial charge in [0.15, 0.2) is 0 Å². The molecule has 0 heterocycles. The summed E-state index contributed by atoms with van der Waals surface area (Å²) in [5.41, 5.74) is 2.49. The van der Waals surface area contributed by atoms with Crippen molar-refractivity contribution >= 4 is 11.6 Å². The van der Waals surface area contributed by atoms with Crippen molar-refractivity contribution in [3.63, 3.8) is 0 Å². The van der Waals surface area contributed by atoms with Gasteiger partial charge in [0, 0.05) is 0 Å². The normalized spacial score (nSPS) is 10.2. The standard InChI is InChI=1S/C15H15ClO/c1-2-12-7-9-13(10-8-12)11-17-15-6-4-3-5-14(15)16/h3-10H,2,11H2,1H3. The molecular formula is C15H15ClO. The topological polar surface area (TPSA) is 9.23 Å². The van der Waals surface area contributed by atoms with Crippen molar-refractivity contribution in [2.24, 2.45) is 0 Å². The molecule has 0 aromatic heterocycles. The molecule has 0 aliphatic heterocycles. The van der Waals surface area contributed by atoms with Gasteiger partial charge in [-0.25, -0.2) is 0 Å². The molecular weight excluding hydrogens is 232 g/mol. The Kier molecular flexibility index (Phi) is 4.05. The first-order chi connectivity index (χ1) is 8.29. The van der Waals surface area contributed by atoms with Crippen molar-refractivity contribution in [3.05, 3.63) is 64.7 Å². The minimum Gasteiger partial charge on any atom is -0.487 e. The zero-order valence-electron chi connectivity index (χ0n) is 9.82. The minimum atomic E-state index is 0.549. The number of benzene rings is 2. The van der Waals surface area contributed by atoms with E-state index in [9.17, 15) is 0 Å². The molecule has 2 heteroatoms. The molecule has 0 amide bonds. The molecule has 1 nitrogen and oxygen atoms in total. The molecule has 0 saturated carbocycles. The summed E-state index contributed by atoms with van der Waals surface area (Å²) in [6.07, 6.45) is 1.06. The van der Waals surface area contributed by atoms with Gasteiger partial charge in [0.1, 0.15) is 12.4 Å². The molecule has 0 aliphatic rings. The highest BCUT2D eigenvalue weighted by atomic mass is 35.5. The molecule has 0 atom stereocenters. The van der Waals surface area contributed by atoms with Gasteiger partial charge in [-0.1, -0.05) is 54.9 Å². The van der Waals surface area contributed by atoms with Gasteiger partial charge in [0.05, 0.1) is 5.02 Å². The molecule has 0 unspecified atom stereocenters. The van der Waals surface area contributed by atoms with Crippen LogP contribution in [0.3, 0.4) is 0 Å². The zero-order valence-corrected chi connectivity index (χ0v) is 10.6. The van der Waals surface area contributed by atoms with E-state index in [-0.39, 0.29) is 0 Å². The molecule has 2 aromatic rings. The van der Waals surface area contributed by atoms with Crippen molar-refractivity contribution in [2.75, 3.05) is 0 Å². The Morgan fingerprint density at radius 1 is 0.941 bits per heavy atom. The fourth-order valence-electron chi connectivity index (χ4n) is 1.59. The van der Waals surface area contributed by atoms with E-state index in [2.05, 4.69) is 31.2 Å². The van der Waals surface area contributed by atoms with Crippen LogP contribution in [0.5, 0.6) is 5.75 Å². The van der Waals surface area contributed by atoms with E-state index in [0.717, 1.165) is 17.7 Å². The second-order valence-corrected chi connectivity index (χ2v) is 4.30. The van der Waals surface area contributed by atoms with Crippen LogP contribution < -0.4 is 4.74 Å². The molecule has 0 aliphatic carbocycles. The number of aryl methyl sites for hydroxylation is 1. The van der Waals surface area contributed by atoms with Crippen molar-refractivity contribution in [2.45, 2.75) is 20.0 Å². The maximum Gasteiger partial charge on any atom is 0.138 e. The lowest BCUT2D eigenvalue weighted by atomic mass is 10.1. The summed E-state index contributed by atoms with van der Waals surface area (Å²) in [5.74, 6) is 0.730. The van der Waals surface area contributed by atoms with Crippen LogP contribution in [-0.2, 0) is 13.0 Å². The van der Waals surface area contributed by atoms with Crippen LogP contribution >= 0.6 is 11.6 Å². The molecule has 2 rings (SSSR count). The van der Waals surface area contributed by atoms with Crippen LogP contribution in [-0.4, -0.2) is 0 Å².